The summed E-state index contributed by atoms with van der Waals surface area (Å²) < 4.78 is 3.26. The van der Waals surface area contributed by atoms with Crippen molar-refractivity contribution in [3.8, 4) is 0 Å². The van der Waals surface area contributed by atoms with Gasteiger partial charge in [0.15, 0.2) is 0 Å². The summed E-state index contributed by atoms with van der Waals surface area (Å²) in [7, 11) is 0. The zero-order valence-corrected chi connectivity index (χ0v) is 18.3. The molecule has 4 atom stereocenters. The average Bonchev–Trinajstić information content (AvgIpc) is 3.28. The van der Waals surface area contributed by atoms with E-state index in [9.17, 15) is 9.90 Å². The summed E-state index contributed by atoms with van der Waals surface area (Å²) in [5.74, 6) is 0.0650. The molecular weight excluding hydrogens is 522 g/mol. The number of hydrogen-bond acceptors (Lipinski definition) is 4. The molecule has 7 heteroatoms. The monoisotopic (exact) mass is 549 g/mol. The molecule has 4 N–H and O–H groups in total. The second-order valence-corrected chi connectivity index (χ2v) is 12.2. The zero-order chi connectivity index (χ0) is 17.3. The van der Waals surface area contributed by atoms with E-state index in [0.29, 0.717) is 4.05 Å². The maximum absolute atomic E-state index is 12.8. The van der Waals surface area contributed by atoms with Crippen LogP contribution in [-0.4, -0.2) is 42.3 Å². The van der Waals surface area contributed by atoms with Crippen molar-refractivity contribution < 1.29 is 36.5 Å². The molecular formula is C16H27I2N2O3-. The predicted octanol–water partition coefficient (Wildman–Crippen LogP) is -1.52. The molecule has 23 heavy (non-hydrogen) atoms. The van der Waals surface area contributed by atoms with E-state index in [1.807, 2.05) is 13.8 Å². The van der Waals surface area contributed by atoms with E-state index in [-0.39, 0.29) is 46.0 Å². The van der Waals surface area contributed by atoms with Crippen molar-refractivity contribution in [2.45, 2.75) is 59.5 Å². The van der Waals surface area contributed by atoms with Crippen LogP contribution in [0.15, 0.2) is 11.6 Å². The summed E-state index contributed by atoms with van der Waals surface area (Å²) in [5, 5.41) is 22.1. The van der Waals surface area contributed by atoms with E-state index >= 15 is 0 Å². The van der Waals surface area contributed by atoms with E-state index in [1.54, 1.807) is 0 Å². The molecule has 1 fully saturated rings. The van der Waals surface area contributed by atoms with Gasteiger partial charge in [-0.05, 0) is 0 Å². The third-order valence-electron chi connectivity index (χ3n) is 4.55. The molecule has 0 aromatic carbocycles. The van der Waals surface area contributed by atoms with Gasteiger partial charge in [-0.2, -0.15) is 0 Å². The zero-order valence-electron chi connectivity index (χ0n) is 14.0. The number of allylic oxidation sites excluding steroid dienone is 1. The standard InChI is InChI=1S/C16H27I2N2O3/c1-14(10-22)7-11(5-4-6-21)8-15(2,9-14)19-13(23)16(3,17)12-18-20-12/h8,12,20-22H,4-7,9-10H2,1-3H3,(H,19,23)/q-1. The van der Waals surface area contributed by atoms with Crippen molar-refractivity contribution in [3.05, 3.63) is 11.6 Å². The quantitative estimate of drug-likeness (QED) is 0.0777. The van der Waals surface area contributed by atoms with Gasteiger partial charge in [0, 0.05) is 0 Å². The summed E-state index contributed by atoms with van der Waals surface area (Å²) in [4.78, 5) is 12.8. The molecule has 1 heterocycles. The van der Waals surface area contributed by atoms with Crippen LogP contribution in [-0.2, 0) is 4.79 Å². The van der Waals surface area contributed by atoms with Crippen molar-refractivity contribution in [1.82, 2.24) is 8.85 Å². The summed E-state index contributed by atoms with van der Waals surface area (Å²) in [6.07, 6.45) is 5.24. The average molecular weight is 549 g/mol. The van der Waals surface area contributed by atoms with E-state index in [0.717, 1.165) is 25.7 Å². The Hall–Kier alpha value is 0.550. The number of amides is 1. The van der Waals surface area contributed by atoms with Crippen molar-refractivity contribution in [2.24, 2.45) is 5.41 Å². The molecule has 0 radical (unpaired) electrons. The number of nitrogens with one attached hydrogen (secondary N) is 2. The number of aliphatic hydroxyl groups is 2. The van der Waals surface area contributed by atoms with E-state index < -0.39 is 8.96 Å². The Morgan fingerprint density at radius 2 is 2.22 bits per heavy atom. The first-order valence-corrected chi connectivity index (χ1v) is 11.4. The molecule has 2 aliphatic rings. The molecule has 0 spiro atoms. The first kappa shape index (κ1) is 19.9. The second-order valence-electron chi connectivity index (χ2n) is 7.48. The van der Waals surface area contributed by atoms with Gasteiger partial charge in [-0.3, -0.25) is 0 Å². The number of halogens is 2. The number of carbonyl (C=O) groups is 1. The van der Waals surface area contributed by atoms with Gasteiger partial charge in [-0.15, -0.1) is 0 Å². The molecule has 0 saturated carbocycles. The fraction of sp³-hybridized carbons (Fsp3) is 0.812. The first-order chi connectivity index (χ1) is 10.6. The molecule has 0 aromatic rings. The number of aliphatic hydroxyl groups excluding tert-OH is 2. The van der Waals surface area contributed by atoms with E-state index in [2.05, 4.69) is 44.4 Å². The van der Waals surface area contributed by atoms with Crippen LogP contribution in [0.3, 0.4) is 0 Å². The normalized spacial score (nSPS) is 36.4. The molecule has 2 rings (SSSR count). The Labute approximate surface area is 162 Å². The van der Waals surface area contributed by atoms with Crippen molar-refractivity contribution >= 4 is 28.5 Å². The summed E-state index contributed by atoms with van der Waals surface area (Å²) in [5.41, 5.74) is 0.544. The van der Waals surface area contributed by atoms with Gasteiger partial charge < -0.3 is 0 Å². The molecule has 0 bridgehead atoms. The first-order valence-electron chi connectivity index (χ1n) is 7.96. The van der Waals surface area contributed by atoms with Gasteiger partial charge in [0.2, 0.25) is 0 Å². The molecule has 4 unspecified atom stereocenters. The summed E-state index contributed by atoms with van der Waals surface area (Å²) in [6, 6.07) is 0. The Morgan fingerprint density at radius 1 is 1.57 bits per heavy atom. The maximum atomic E-state index is 12.8. The molecule has 1 saturated heterocycles. The van der Waals surface area contributed by atoms with Gasteiger partial charge in [-0.25, -0.2) is 0 Å². The number of carbonyl (C=O) groups excluding carboxylic acids is 1. The number of rotatable bonds is 7. The summed E-state index contributed by atoms with van der Waals surface area (Å²) >= 11 is 2.22. The SMILES string of the molecule is CC1(CO)CC(CCCO)=CC(C)(NC(=O)C(C)(I)C2N[I-]2)C1. The van der Waals surface area contributed by atoms with Gasteiger partial charge in [0.05, 0.1) is 0 Å². The van der Waals surface area contributed by atoms with Gasteiger partial charge >= 0.3 is 164 Å². The van der Waals surface area contributed by atoms with Crippen LogP contribution in [0.2, 0.25) is 0 Å². The molecule has 1 amide bonds. The third-order valence-corrected chi connectivity index (χ3v) is 9.34. The fourth-order valence-corrected chi connectivity index (χ4v) is 6.79. The number of hydrogen-bond donors (Lipinski definition) is 4. The van der Waals surface area contributed by atoms with Crippen LogP contribution in [0.25, 0.3) is 0 Å². The predicted molar refractivity (Wildman–Crippen MR) is 94.7 cm³/mol. The van der Waals surface area contributed by atoms with Crippen molar-refractivity contribution in [3.63, 3.8) is 0 Å². The van der Waals surface area contributed by atoms with Crippen LogP contribution in [0.1, 0.15) is 46.5 Å². The van der Waals surface area contributed by atoms with Crippen LogP contribution in [0, 0.1) is 5.41 Å². The Bertz CT molecular complexity index is 494. The molecule has 1 aliphatic carbocycles. The van der Waals surface area contributed by atoms with Crippen LogP contribution in [0.5, 0.6) is 0 Å². The molecule has 0 aromatic heterocycles. The Morgan fingerprint density at radius 3 is 2.74 bits per heavy atom. The number of alkyl halides is 2. The minimum atomic E-state index is -0.447. The van der Waals surface area contributed by atoms with Crippen molar-refractivity contribution in [2.75, 3.05) is 13.2 Å². The fourth-order valence-electron chi connectivity index (χ4n) is 3.44. The Balaban J connectivity index is 2.17. The van der Waals surface area contributed by atoms with Gasteiger partial charge in [0.1, 0.15) is 0 Å². The van der Waals surface area contributed by atoms with Gasteiger partial charge in [-0.1, -0.05) is 0 Å². The van der Waals surface area contributed by atoms with Crippen LogP contribution < -0.4 is 30.3 Å². The summed E-state index contributed by atoms with van der Waals surface area (Å²) in [6.45, 7) is 6.37. The van der Waals surface area contributed by atoms with E-state index in [1.165, 1.54) is 5.57 Å². The van der Waals surface area contributed by atoms with E-state index in [4.69, 9.17) is 5.11 Å². The third kappa shape index (κ3) is 5.02. The molecule has 5 nitrogen and oxygen atoms in total. The van der Waals surface area contributed by atoms with Crippen LogP contribution >= 0.6 is 22.6 Å². The topological polar surface area (TPSA) is 91.5 Å². The van der Waals surface area contributed by atoms with Gasteiger partial charge in [0.25, 0.3) is 0 Å². The molecule has 134 valence electrons. The minimum absolute atomic E-state index is 0.0323. The van der Waals surface area contributed by atoms with Crippen molar-refractivity contribution in [1.29, 1.82) is 0 Å². The van der Waals surface area contributed by atoms with Crippen LogP contribution in [0.4, 0.5) is 0 Å². The second kappa shape index (κ2) is 7.43. The Kier molecular flexibility index (Phi) is 6.42. The molecule has 1 aliphatic heterocycles.